The molecule has 0 fully saturated rings. The van der Waals surface area contributed by atoms with Crippen LogP contribution < -0.4 is 0 Å². The second kappa shape index (κ2) is 7.84. The van der Waals surface area contributed by atoms with Crippen LogP contribution in [0.15, 0.2) is 41.8 Å². The second-order valence-corrected chi connectivity index (χ2v) is 1.49. The SMILES string of the molecule is [SeH2].c1cncnc1.c1conn1. The summed E-state index contributed by atoms with van der Waals surface area (Å²) in [5, 5.41) is 6.40. The fraction of sp³-hybridized carbons (Fsp3) is 0. The third-order valence-electron chi connectivity index (χ3n) is 0.760. The number of hydrogen-bond donors (Lipinski definition) is 0. The zero-order valence-corrected chi connectivity index (χ0v) is 8.26. The van der Waals surface area contributed by atoms with Gasteiger partial charge in [-0.1, -0.05) is 0 Å². The van der Waals surface area contributed by atoms with E-state index < -0.39 is 0 Å². The summed E-state index contributed by atoms with van der Waals surface area (Å²) in [5.74, 6) is 0. The molecular weight excluding hydrogens is 223 g/mol. The van der Waals surface area contributed by atoms with E-state index in [2.05, 4.69) is 24.9 Å². The first-order valence-corrected chi connectivity index (χ1v) is 2.91. The van der Waals surface area contributed by atoms with Gasteiger partial charge in [-0.3, -0.25) is 0 Å². The van der Waals surface area contributed by atoms with Gasteiger partial charge < -0.3 is 4.52 Å². The van der Waals surface area contributed by atoms with E-state index in [1.807, 2.05) is 0 Å². The molecule has 0 aliphatic heterocycles. The fourth-order valence-corrected chi connectivity index (χ4v) is 0.389. The van der Waals surface area contributed by atoms with Gasteiger partial charge >= 0.3 is 17.1 Å². The molecule has 0 aliphatic rings. The Morgan fingerprint density at radius 3 is 1.92 bits per heavy atom. The minimum Gasteiger partial charge on any atom is -0.346 e. The zero-order chi connectivity index (χ0) is 7.78. The standard InChI is InChI=1S/C4H4N2.C2H2N2O.H2Se/c1-2-5-4-6-3-1;1-2-5-4-3-1;/h1-4H;1-2H;1H2. The predicted molar refractivity (Wildman–Crippen MR) is 44.9 cm³/mol. The third-order valence-corrected chi connectivity index (χ3v) is 0.760. The summed E-state index contributed by atoms with van der Waals surface area (Å²) >= 11 is 0. The first-order chi connectivity index (χ1) is 5.50. The number of aromatic nitrogens is 4. The van der Waals surface area contributed by atoms with Crippen molar-refractivity contribution in [3.63, 3.8) is 0 Å². The molecule has 0 bridgehead atoms. The van der Waals surface area contributed by atoms with E-state index in [9.17, 15) is 0 Å². The monoisotopic (exact) mass is 232 g/mol. The summed E-state index contributed by atoms with van der Waals surface area (Å²) in [5.41, 5.74) is 0. The molecule has 6 heteroatoms. The van der Waals surface area contributed by atoms with Crippen LogP contribution in [0, 0.1) is 0 Å². The Bertz CT molecular complexity index is 205. The van der Waals surface area contributed by atoms with Crippen LogP contribution in [0.5, 0.6) is 0 Å². The quantitative estimate of drug-likeness (QED) is 0.579. The summed E-state index contributed by atoms with van der Waals surface area (Å²) < 4.78 is 4.22. The average molecular weight is 231 g/mol. The van der Waals surface area contributed by atoms with Crippen LogP contribution in [0.25, 0.3) is 0 Å². The molecule has 0 amide bonds. The normalized spacial score (nSPS) is 7.33. The van der Waals surface area contributed by atoms with Gasteiger partial charge in [-0.25, -0.2) is 9.97 Å². The molecular formula is C6H8N4OSe. The van der Waals surface area contributed by atoms with Crippen molar-refractivity contribution < 1.29 is 4.52 Å². The Kier molecular flexibility index (Phi) is 7.02. The molecule has 0 spiro atoms. The summed E-state index contributed by atoms with van der Waals surface area (Å²) in [6.07, 6.45) is 7.75. The maximum Gasteiger partial charge on any atom is 0.144 e. The molecule has 0 atom stereocenters. The van der Waals surface area contributed by atoms with Crippen molar-refractivity contribution in [2.75, 3.05) is 0 Å². The van der Waals surface area contributed by atoms with Gasteiger partial charge in [0, 0.05) is 17.7 Å². The minimum atomic E-state index is 0. The van der Waals surface area contributed by atoms with E-state index in [-0.39, 0.29) is 17.1 Å². The molecule has 2 aromatic heterocycles. The Balaban J connectivity index is 0.000000189. The molecule has 0 saturated heterocycles. The van der Waals surface area contributed by atoms with Crippen molar-refractivity contribution in [3.05, 3.63) is 37.2 Å². The first-order valence-electron chi connectivity index (χ1n) is 2.91. The Morgan fingerprint density at radius 1 is 1.00 bits per heavy atom. The van der Waals surface area contributed by atoms with Gasteiger partial charge in [0.05, 0.1) is 6.20 Å². The van der Waals surface area contributed by atoms with Crippen LogP contribution in [0.1, 0.15) is 0 Å². The van der Waals surface area contributed by atoms with Gasteiger partial charge in [0.1, 0.15) is 12.6 Å². The van der Waals surface area contributed by atoms with Gasteiger partial charge in [0.15, 0.2) is 0 Å². The van der Waals surface area contributed by atoms with Crippen molar-refractivity contribution in [1.29, 1.82) is 0 Å². The summed E-state index contributed by atoms with van der Waals surface area (Å²) in [4.78, 5) is 7.35. The van der Waals surface area contributed by atoms with E-state index in [1.54, 1.807) is 18.5 Å². The number of nitrogens with zero attached hydrogens (tertiary/aromatic N) is 4. The number of rotatable bonds is 0. The van der Waals surface area contributed by atoms with Crippen LogP contribution in [0.3, 0.4) is 0 Å². The van der Waals surface area contributed by atoms with Gasteiger partial charge in [0.25, 0.3) is 0 Å². The third kappa shape index (κ3) is 5.52. The van der Waals surface area contributed by atoms with E-state index in [0.717, 1.165) is 0 Å². The smallest absolute Gasteiger partial charge is 0.144 e. The molecule has 64 valence electrons. The van der Waals surface area contributed by atoms with Gasteiger partial charge in [-0.05, 0) is 6.07 Å². The average Bonchev–Trinajstić information content (AvgIpc) is 2.64. The number of hydrogen-bond acceptors (Lipinski definition) is 5. The summed E-state index contributed by atoms with van der Waals surface area (Å²) in [7, 11) is 0. The molecule has 12 heavy (non-hydrogen) atoms. The van der Waals surface area contributed by atoms with Gasteiger partial charge in [0.2, 0.25) is 0 Å². The van der Waals surface area contributed by atoms with E-state index in [4.69, 9.17) is 0 Å². The molecule has 0 saturated carbocycles. The van der Waals surface area contributed by atoms with Gasteiger partial charge in [-0.15, -0.1) is 5.10 Å². The molecule has 5 nitrogen and oxygen atoms in total. The Labute approximate surface area is 79.7 Å². The molecule has 2 heterocycles. The Hall–Kier alpha value is -1.26. The zero-order valence-electron chi connectivity index (χ0n) is 6.16. The maximum absolute atomic E-state index is 4.22. The summed E-state index contributed by atoms with van der Waals surface area (Å²) in [6.45, 7) is 0. The van der Waals surface area contributed by atoms with E-state index >= 15 is 0 Å². The van der Waals surface area contributed by atoms with Crippen LogP contribution in [-0.4, -0.2) is 37.4 Å². The topological polar surface area (TPSA) is 64.7 Å². The van der Waals surface area contributed by atoms with Crippen molar-refractivity contribution >= 4 is 17.1 Å². The van der Waals surface area contributed by atoms with Crippen molar-refractivity contribution in [2.45, 2.75) is 0 Å². The van der Waals surface area contributed by atoms with E-state index in [0.29, 0.717) is 0 Å². The second-order valence-electron chi connectivity index (χ2n) is 1.49. The van der Waals surface area contributed by atoms with E-state index in [1.165, 1.54) is 18.8 Å². The fourth-order valence-electron chi connectivity index (χ4n) is 0.389. The molecule has 0 radical (unpaired) electrons. The largest absolute Gasteiger partial charge is 0.346 e. The van der Waals surface area contributed by atoms with Crippen LogP contribution in [-0.2, 0) is 0 Å². The van der Waals surface area contributed by atoms with Crippen molar-refractivity contribution in [3.8, 4) is 0 Å². The first kappa shape index (κ1) is 10.7. The molecule has 0 N–H and O–H groups in total. The van der Waals surface area contributed by atoms with Crippen LogP contribution >= 0.6 is 0 Å². The van der Waals surface area contributed by atoms with Crippen LogP contribution in [0.4, 0.5) is 0 Å². The molecule has 2 aromatic rings. The van der Waals surface area contributed by atoms with Crippen molar-refractivity contribution in [1.82, 2.24) is 20.3 Å². The molecule has 0 aliphatic carbocycles. The maximum atomic E-state index is 4.22. The Morgan fingerprint density at radius 2 is 1.75 bits per heavy atom. The van der Waals surface area contributed by atoms with Crippen LogP contribution in [0.2, 0.25) is 0 Å². The minimum absolute atomic E-state index is 0. The molecule has 2 rings (SSSR count). The van der Waals surface area contributed by atoms with Crippen molar-refractivity contribution in [2.24, 2.45) is 0 Å². The molecule has 0 aromatic carbocycles. The molecule has 0 unspecified atom stereocenters. The summed E-state index contributed by atoms with van der Waals surface area (Å²) in [6, 6.07) is 1.78. The predicted octanol–water partition coefficient (Wildman–Crippen LogP) is -0.370. The van der Waals surface area contributed by atoms with Gasteiger partial charge in [-0.2, -0.15) is 0 Å².